The van der Waals surface area contributed by atoms with Gasteiger partial charge in [-0.2, -0.15) is 0 Å². The predicted octanol–water partition coefficient (Wildman–Crippen LogP) is 3.15. The molecule has 0 unspecified atom stereocenters. The average Bonchev–Trinajstić information content (AvgIpc) is 2.68. The normalized spacial score (nSPS) is 17.4. The second-order valence-corrected chi connectivity index (χ2v) is 6.33. The van der Waals surface area contributed by atoms with Crippen LogP contribution >= 0.6 is 0 Å². The van der Waals surface area contributed by atoms with Gasteiger partial charge in [-0.1, -0.05) is 6.07 Å². The van der Waals surface area contributed by atoms with Crippen LogP contribution in [0.4, 0.5) is 5.69 Å². The van der Waals surface area contributed by atoms with Gasteiger partial charge in [-0.3, -0.25) is 0 Å². The van der Waals surface area contributed by atoms with Crippen LogP contribution in [0.25, 0.3) is 11.6 Å². The number of benzene rings is 2. The number of ether oxygens (including phenoxy) is 4. The summed E-state index contributed by atoms with van der Waals surface area (Å²) in [6.07, 6.45) is 2.62. The lowest BCUT2D eigenvalue weighted by atomic mass is 9.83. The Labute approximate surface area is 159 Å². The van der Waals surface area contributed by atoms with Crippen LogP contribution in [0.3, 0.4) is 0 Å². The van der Waals surface area contributed by atoms with E-state index in [1.54, 1.807) is 28.4 Å². The third-order valence-corrected chi connectivity index (χ3v) is 4.85. The molecule has 0 fully saturated rings. The maximum Gasteiger partial charge on any atom is 0.203 e. The topological polar surface area (TPSA) is 83.2 Å². The molecule has 0 saturated heterocycles. The van der Waals surface area contributed by atoms with E-state index in [0.29, 0.717) is 41.5 Å². The highest BCUT2D eigenvalue weighted by Gasteiger charge is 2.29. The number of nitrogen functional groups attached to an aromatic ring is 1. The van der Waals surface area contributed by atoms with Gasteiger partial charge >= 0.3 is 0 Å². The van der Waals surface area contributed by atoms with Crippen molar-refractivity contribution in [2.75, 3.05) is 34.2 Å². The maximum absolute atomic E-state index is 10.7. The number of fused-ring (bicyclic) bond motifs is 1. The van der Waals surface area contributed by atoms with E-state index in [1.807, 2.05) is 30.3 Å². The molecule has 2 aromatic rings. The van der Waals surface area contributed by atoms with Crippen LogP contribution in [0.15, 0.2) is 24.3 Å². The van der Waals surface area contributed by atoms with E-state index in [1.165, 1.54) is 0 Å². The summed E-state index contributed by atoms with van der Waals surface area (Å²) >= 11 is 0. The molecule has 2 aromatic carbocycles. The third-order valence-electron chi connectivity index (χ3n) is 4.85. The molecule has 144 valence electrons. The van der Waals surface area contributed by atoms with Crippen LogP contribution in [0.1, 0.15) is 23.1 Å². The van der Waals surface area contributed by atoms with Crippen molar-refractivity contribution >= 4 is 17.3 Å². The fourth-order valence-electron chi connectivity index (χ4n) is 3.53. The minimum atomic E-state index is -0.594. The highest BCUT2D eigenvalue weighted by molar-refractivity contribution is 5.89. The van der Waals surface area contributed by atoms with Gasteiger partial charge in [0.15, 0.2) is 11.5 Å². The molecule has 0 bridgehead atoms. The Morgan fingerprint density at radius 2 is 1.67 bits per heavy atom. The van der Waals surface area contributed by atoms with Crippen LogP contribution in [-0.4, -0.2) is 39.6 Å². The SMILES string of the molecule is COc1ccc(/C=C2\c3cc(OC)c(OC)c(OC)c3CC[C@H]2O)cc1N. The summed E-state index contributed by atoms with van der Waals surface area (Å²) < 4.78 is 21.8. The largest absolute Gasteiger partial charge is 0.495 e. The Morgan fingerprint density at radius 3 is 2.26 bits per heavy atom. The van der Waals surface area contributed by atoms with Gasteiger partial charge in [-0.15, -0.1) is 0 Å². The van der Waals surface area contributed by atoms with Gasteiger partial charge in [-0.25, -0.2) is 0 Å². The first-order valence-electron chi connectivity index (χ1n) is 8.69. The van der Waals surface area contributed by atoms with Crippen LogP contribution in [-0.2, 0) is 6.42 Å². The first-order valence-corrected chi connectivity index (χ1v) is 8.69. The molecule has 0 spiro atoms. The molecule has 6 heteroatoms. The molecule has 1 atom stereocenters. The number of aliphatic hydroxyl groups excluding tert-OH is 1. The lowest BCUT2D eigenvalue weighted by molar-refractivity contribution is 0.217. The van der Waals surface area contributed by atoms with Gasteiger partial charge < -0.3 is 29.8 Å². The van der Waals surface area contributed by atoms with Gasteiger partial charge in [0.1, 0.15) is 5.75 Å². The summed E-state index contributed by atoms with van der Waals surface area (Å²) in [5.74, 6) is 2.37. The van der Waals surface area contributed by atoms with Gasteiger partial charge in [0, 0.05) is 5.56 Å². The number of aliphatic hydroxyl groups is 1. The molecule has 0 saturated carbocycles. The summed E-state index contributed by atoms with van der Waals surface area (Å²) in [5.41, 5.74) is 10.1. The summed E-state index contributed by atoms with van der Waals surface area (Å²) in [6.45, 7) is 0. The number of rotatable bonds is 5. The minimum Gasteiger partial charge on any atom is -0.495 e. The van der Waals surface area contributed by atoms with Crippen molar-refractivity contribution in [2.45, 2.75) is 18.9 Å². The van der Waals surface area contributed by atoms with Crippen LogP contribution in [0.2, 0.25) is 0 Å². The molecule has 1 aliphatic carbocycles. The molecule has 0 amide bonds. The third kappa shape index (κ3) is 3.40. The van der Waals surface area contributed by atoms with Crippen molar-refractivity contribution in [3.05, 3.63) is 41.0 Å². The molecule has 3 rings (SSSR count). The van der Waals surface area contributed by atoms with E-state index >= 15 is 0 Å². The molecule has 3 N–H and O–H groups in total. The standard InChI is InChI=1S/C21H25NO5/c1-24-18-8-5-12(10-16(18)22)9-15-14-11-19(25-2)21(27-4)20(26-3)13(14)6-7-17(15)23/h5,8-11,17,23H,6-7,22H2,1-4H3/b15-9+/t17-/m1/s1. The summed E-state index contributed by atoms with van der Waals surface area (Å²) in [4.78, 5) is 0. The number of nitrogens with two attached hydrogens (primary N) is 1. The van der Waals surface area contributed by atoms with Crippen LogP contribution < -0.4 is 24.7 Å². The van der Waals surface area contributed by atoms with Gasteiger partial charge in [-0.05, 0) is 53.8 Å². The molecule has 0 aliphatic heterocycles. The highest BCUT2D eigenvalue weighted by Crippen LogP contribution is 2.47. The fourth-order valence-corrected chi connectivity index (χ4v) is 3.53. The van der Waals surface area contributed by atoms with Gasteiger partial charge in [0.25, 0.3) is 0 Å². The first-order chi connectivity index (χ1) is 13.0. The quantitative estimate of drug-likeness (QED) is 0.786. The maximum atomic E-state index is 10.7. The van der Waals surface area contributed by atoms with Crippen molar-refractivity contribution in [1.82, 2.24) is 0 Å². The zero-order chi connectivity index (χ0) is 19.6. The van der Waals surface area contributed by atoms with Crippen molar-refractivity contribution in [1.29, 1.82) is 0 Å². The Kier molecular flexibility index (Phi) is 5.46. The second kappa shape index (κ2) is 7.80. The number of anilines is 1. The Hall–Kier alpha value is -2.86. The number of hydrogen-bond acceptors (Lipinski definition) is 6. The Bertz CT molecular complexity index is 875. The molecule has 0 heterocycles. The summed E-state index contributed by atoms with van der Waals surface area (Å²) in [5, 5.41) is 10.7. The van der Waals surface area contributed by atoms with Crippen LogP contribution in [0.5, 0.6) is 23.0 Å². The van der Waals surface area contributed by atoms with Crippen LogP contribution in [0, 0.1) is 0 Å². The van der Waals surface area contributed by atoms with Crippen molar-refractivity contribution < 1.29 is 24.1 Å². The molecule has 6 nitrogen and oxygen atoms in total. The smallest absolute Gasteiger partial charge is 0.203 e. The number of hydrogen-bond donors (Lipinski definition) is 2. The highest BCUT2D eigenvalue weighted by atomic mass is 16.5. The Balaban J connectivity index is 2.18. The molecule has 0 aromatic heterocycles. The molecule has 0 radical (unpaired) electrons. The minimum absolute atomic E-state index is 0.544. The van der Waals surface area contributed by atoms with E-state index in [4.69, 9.17) is 24.7 Å². The fraction of sp³-hybridized carbons (Fsp3) is 0.333. The molecule has 27 heavy (non-hydrogen) atoms. The van der Waals surface area contributed by atoms with E-state index in [2.05, 4.69) is 0 Å². The molecule has 1 aliphatic rings. The zero-order valence-corrected chi connectivity index (χ0v) is 16.0. The predicted molar refractivity (Wildman–Crippen MR) is 106 cm³/mol. The molecular weight excluding hydrogens is 346 g/mol. The second-order valence-electron chi connectivity index (χ2n) is 6.33. The lowest BCUT2D eigenvalue weighted by Gasteiger charge is -2.28. The van der Waals surface area contributed by atoms with Crippen molar-refractivity contribution in [3.63, 3.8) is 0 Å². The van der Waals surface area contributed by atoms with Crippen molar-refractivity contribution in [3.8, 4) is 23.0 Å². The number of methoxy groups -OCH3 is 4. The molecular formula is C21H25NO5. The van der Waals surface area contributed by atoms with E-state index in [0.717, 1.165) is 22.3 Å². The summed E-state index contributed by atoms with van der Waals surface area (Å²) in [7, 11) is 6.35. The summed E-state index contributed by atoms with van der Waals surface area (Å²) in [6, 6.07) is 7.43. The zero-order valence-electron chi connectivity index (χ0n) is 16.0. The first kappa shape index (κ1) is 18.9. The monoisotopic (exact) mass is 371 g/mol. The van der Waals surface area contributed by atoms with E-state index in [9.17, 15) is 5.11 Å². The van der Waals surface area contributed by atoms with E-state index in [-0.39, 0.29) is 0 Å². The van der Waals surface area contributed by atoms with Gasteiger partial charge in [0.2, 0.25) is 5.75 Å². The lowest BCUT2D eigenvalue weighted by Crippen LogP contribution is -2.19. The van der Waals surface area contributed by atoms with Crippen molar-refractivity contribution in [2.24, 2.45) is 0 Å². The average molecular weight is 371 g/mol. The van der Waals surface area contributed by atoms with Gasteiger partial charge in [0.05, 0.1) is 40.2 Å². The Morgan fingerprint density at radius 1 is 0.963 bits per heavy atom. The van der Waals surface area contributed by atoms with E-state index < -0.39 is 6.10 Å².